The number of furan rings is 1. The zero-order valence-electron chi connectivity index (χ0n) is 15.3. The number of nitrogens with one attached hydrogen (secondary N) is 1. The molecule has 0 fully saturated rings. The van der Waals surface area contributed by atoms with Gasteiger partial charge in [-0.2, -0.15) is 0 Å². The van der Waals surface area contributed by atoms with Crippen LogP contribution >= 0.6 is 23.4 Å². The van der Waals surface area contributed by atoms with Crippen LogP contribution in [0.15, 0.2) is 88.0 Å². The Labute approximate surface area is 177 Å². The van der Waals surface area contributed by atoms with E-state index >= 15 is 0 Å². The highest BCUT2D eigenvalue weighted by Gasteiger charge is 2.39. The summed E-state index contributed by atoms with van der Waals surface area (Å²) in [6.07, 6.45) is 1.58. The fraction of sp³-hybridized carbons (Fsp3) is 0.0909. The van der Waals surface area contributed by atoms with Crippen LogP contribution in [0.5, 0.6) is 0 Å². The maximum atomic E-state index is 13.1. The minimum absolute atomic E-state index is 0.212. The van der Waals surface area contributed by atoms with Crippen molar-refractivity contribution in [1.82, 2.24) is 4.90 Å². The topological polar surface area (TPSA) is 62.6 Å². The van der Waals surface area contributed by atoms with Crippen LogP contribution in [0.3, 0.4) is 0 Å². The maximum absolute atomic E-state index is 13.1. The lowest BCUT2D eigenvalue weighted by atomic mass is 10.2. The Morgan fingerprint density at radius 2 is 1.79 bits per heavy atom. The third-order valence-corrected chi connectivity index (χ3v) is 5.67. The summed E-state index contributed by atoms with van der Waals surface area (Å²) in [5, 5.41) is 3.63. The van der Waals surface area contributed by atoms with Crippen LogP contribution in [0.1, 0.15) is 11.3 Å². The van der Waals surface area contributed by atoms with Crippen LogP contribution in [0.4, 0.5) is 5.69 Å². The average molecular weight is 425 g/mol. The van der Waals surface area contributed by atoms with Gasteiger partial charge in [0.15, 0.2) is 0 Å². The van der Waals surface area contributed by atoms with Gasteiger partial charge in [-0.05, 0) is 35.9 Å². The molecular formula is C22H17ClN2O3S. The van der Waals surface area contributed by atoms with Crippen LogP contribution in [0, 0.1) is 0 Å². The van der Waals surface area contributed by atoms with Gasteiger partial charge in [0.25, 0.3) is 11.8 Å². The van der Waals surface area contributed by atoms with Gasteiger partial charge in [0.05, 0.1) is 18.6 Å². The lowest BCUT2D eigenvalue weighted by Crippen LogP contribution is -2.31. The number of hydrogen-bond donors (Lipinski definition) is 1. The second kappa shape index (κ2) is 8.59. The Balaban J connectivity index is 1.62. The Morgan fingerprint density at radius 1 is 0.966 bits per heavy atom. The molecule has 3 aromatic rings. The predicted molar refractivity (Wildman–Crippen MR) is 114 cm³/mol. The highest BCUT2D eigenvalue weighted by atomic mass is 35.5. The first-order chi connectivity index (χ1) is 14.1. The Bertz CT molecular complexity index is 1060. The summed E-state index contributed by atoms with van der Waals surface area (Å²) in [4.78, 5) is 27.8. The molecular weight excluding hydrogens is 408 g/mol. The molecule has 0 saturated carbocycles. The molecule has 0 aliphatic carbocycles. The van der Waals surface area contributed by atoms with Crippen molar-refractivity contribution in [2.75, 3.05) is 5.32 Å². The van der Waals surface area contributed by atoms with Crippen molar-refractivity contribution >= 4 is 40.9 Å². The first-order valence-electron chi connectivity index (χ1n) is 8.94. The van der Waals surface area contributed by atoms with Crippen LogP contribution < -0.4 is 5.32 Å². The summed E-state index contributed by atoms with van der Waals surface area (Å²) in [5.74, 6) is 0.494. The zero-order valence-corrected chi connectivity index (χ0v) is 16.9. The standard InChI is InChI=1S/C22H17ClN2O3S/c23-16-8-4-9-17(12-16)24-19-20(29-14-18-10-5-11-28-18)22(27)25(21(19)26)13-15-6-2-1-3-7-15/h1-12,24H,13-14H2. The van der Waals surface area contributed by atoms with E-state index in [2.05, 4.69) is 5.32 Å². The summed E-state index contributed by atoms with van der Waals surface area (Å²) in [6, 6.07) is 20.1. The minimum atomic E-state index is -0.360. The van der Waals surface area contributed by atoms with E-state index in [4.69, 9.17) is 16.0 Å². The molecule has 1 aliphatic rings. The molecule has 7 heteroatoms. The molecule has 1 N–H and O–H groups in total. The number of nitrogens with zero attached hydrogens (tertiary/aromatic N) is 1. The number of imide groups is 1. The predicted octanol–water partition coefficient (Wildman–Crippen LogP) is 5.06. The van der Waals surface area contributed by atoms with Gasteiger partial charge in [0, 0.05) is 10.7 Å². The van der Waals surface area contributed by atoms with Crippen molar-refractivity contribution in [2.24, 2.45) is 0 Å². The van der Waals surface area contributed by atoms with Crippen molar-refractivity contribution in [3.8, 4) is 0 Å². The number of anilines is 1. The van der Waals surface area contributed by atoms with Crippen LogP contribution in [-0.4, -0.2) is 16.7 Å². The first-order valence-corrected chi connectivity index (χ1v) is 10.3. The number of carbonyl (C=O) groups is 2. The number of benzene rings is 2. The molecule has 1 aliphatic heterocycles. The van der Waals surface area contributed by atoms with Gasteiger partial charge in [-0.15, -0.1) is 11.8 Å². The third-order valence-electron chi connectivity index (χ3n) is 4.34. The number of halogens is 1. The van der Waals surface area contributed by atoms with Gasteiger partial charge in [0.1, 0.15) is 16.4 Å². The summed E-state index contributed by atoms with van der Waals surface area (Å²) in [6.45, 7) is 0.212. The smallest absolute Gasteiger partial charge is 0.278 e. The maximum Gasteiger partial charge on any atom is 0.278 e. The van der Waals surface area contributed by atoms with E-state index in [1.54, 1.807) is 36.6 Å². The summed E-state index contributed by atoms with van der Waals surface area (Å²) >= 11 is 7.34. The van der Waals surface area contributed by atoms with E-state index in [9.17, 15) is 9.59 Å². The molecule has 0 radical (unpaired) electrons. The molecule has 0 saturated heterocycles. The van der Waals surface area contributed by atoms with E-state index in [1.807, 2.05) is 36.4 Å². The van der Waals surface area contributed by atoms with E-state index in [-0.39, 0.29) is 24.1 Å². The second-order valence-corrected chi connectivity index (χ2v) is 7.81. The average Bonchev–Trinajstić information content (AvgIpc) is 3.31. The molecule has 0 spiro atoms. The Morgan fingerprint density at radius 3 is 2.52 bits per heavy atom. The molecule has 2 aromatic carbocycles. The number of hydrogen-bond acceptors (Lipinski definition) is 5. The fourth-order valence-corrected chi connectivity index (χ4v) is 4.11. The van der Waals surface area contributed by atoms with Gasteiger partial charge in [0.2, 0.25) is 0 Å². The van der Waals surface area contributed by atoms with Crippen molar-refractivity contribution in [1.29, 1.82) is 0 Å². The van der Waals surface area contributed by atoms with Crippen molar-refractivity contribution in [2.45, 2.75) is 12.3 Å². The van der Waals surface area contributed by atoms with E-state index in [0.29, 0.717) is 21.4 Å². The van der Waals surface area contributed by atoms with E-state index < -0.39 is 0 Å². The number of thioether (sulfide) groups is 1. The molecule has 146 valence electrons. The molecule has 5 nitrogen and oxygen atoms in total. The molecule has 2 heterocycles. The van der Waals surface area contributed by atoms with Gasteiger partial charge in [-0.25, -0.2) is 0 Å². The molecule has 0 unspecified atom stereocenters. The molecule has 29 heavy (non-hydrogen) atoms. The van der Waals surface area contributed by atoms with E-state index in [0.717, 1.165) is 11.3 Å². The normalized spacial score (nSPS) is 14.0. The lowest BCUT2D eigenvalue weighted by Gasteiger charge is -2.15. The van der Waals surface area contributed by atoms with Gasteiger partial charge < -0.3 is 9.73 Å². The summed E-state index contributed by atoms with van der Waals surface area (Å²) in [7, 11) is 0. The first kappa shape index (κ1) is 19.4. The highest BCUT2D eigenvalue weighted by Crippen LogP contribution is 2.34. The van der Waals surface area contributed by atoms with Crippen molar-refractivity contribution < 1.29 is 14.0 Å². The Kier molecular flexibility index (Phi) is 5.74. The number of rotatable bonds is 7. The molecule has 0 atom stereocenters. The second-order valence-electron chi connectivity index (χ2n) is 6.39. The van der Waals surface area contributed by atoms with Gasteiger partial charge >= 0.3 is 0 Å². The van der Waals surface area contributed by atoms with E-state index in [1.165, 1.54) is 16.7 Å². The SMILES string of the molecule is O=C1C(Nc2cccc(Cl)c2)=C(SCc2ccco2)C(=O)N1Cc1ccccc1. The zero-order chi connectivity index (χ0) is 20.2. The fourth-order valence-electron chi connectivity index (χ4n) is 2.96. The molecule has 0 bridgehead atoms. The third kappa shape index (κ3) is 4.39. The lowest BCUT2D eigenvalue weighted by molar-refractivity contribution is -0.137. The molecule has 2 amide bonds. The van der Waals surface area contributed by atoms with Crippen LogP contribution in [0.25, 0.3) is 0 Å². The Hall–Kier alpha value is -2.96. The van der Waals surface area contributed by atoms with Gasteiger partial charge in [-0.1, -0.05) is 48.0 Å². The van der Waals surface area contributed by atoms with Crippen LogP contribution in [-0.2, 0) is 21.9 Å². The monoisotopic (exact) mass is 424 g/mol. The molecule has 4 rings (SSSR count). The quantitative estimate of drug-likeness (QED) is 0.537. The van der Waals surface area contributed by atoms with Crippen molar-refractivity contribution in [3.63, 3.8) is 0 Å². The summed E-state index contributed by atoms with van der Waals surface area (Å²) in [5.41, 5.74) is 1.78. The molecule has 1 aromatic heterocycles. The summed E-state index contributed by atoms with van der Waals surface area (Å²) < 4.78 is 5.36. The number of carbonyl (C=O) groups excluding carboxylic acids is 2. The number of amides is 2. The largest absolute Gasteiger partial charge is 0.468 e. The van der Waals surface area contributed by atoms with Crippen LogP contribution in [0.2, 0.25) is 5.02 Å². The highest BCUT2D eigenvalue weighted by molar-refractivity contribution is 8.03. The van der Waals surface area contributed by atoms with Crippen molar-refractivity contribution in [3.05, 3.63) is 99.9 Å². The minimum Gasteiger partial charge on any atom is -0.468 e. The van der Waals surface area contributed by atoms with Gasteiger partial charge in [-0.3, -0.25) is 14.5 Å².